The molecule has 3 heteroatoms. The lowest BCUT2D eigenvalue weighted by Crippen LogP contribution is -1.93. The normalized spacial score (nSPS) is 10.2. The molecule has 2 nitrogen and oxygen atoms in total. The summed E-state index contributed by atoms with van der Waals surface area (Å²) in [5, 5.41) is 0. The first-order valence-corrected chi connectivity index (χ1v) is 5.51. The lowest BCUT2D eigenvalue weighted by molar-refractivity contribution is 0.483. The van der Waals surface area contributed by atoms with Gasteiger partial charge in [0, 0.05) is 6.07 Å². The maximum atomic E-state index is 12.8. The van der Waals surface area contributed by atoms with Gasteiger partial charge in [-0.05, 0) is 36.2 Å². The smallest absolute Gasteiger partial charge is 0.150 e. The Bertz CT molecular complexity index is 508. The molecule has 0 spiro atoms. The SMILES string of the molecule is CCc1ccc(Oc2ccc(F)cc2N)cc1. The Kier molecular flexibility index (Phi) is 3.28. The summed E-state index contributed by atoms with van der Waals surface area (Å²) >= 11 is 0. The number of aryl methyl sites for hydroxylation is 1. The number of nitrogen functional groups attached to an aromatic ring is 1. The standard InChI is InChI=1S/C14H14FNO/c1-2-10-3-6-12(7-4-10)17-14-8-5-11(15)9-13(14)16/h3-9H,2,16H2,1H3. The van der Waals surface area contributed by atoms with E-state index in [1.54, 1.807) is 0 Å². The van der Waals surface area contributed by atoms with Crippen LogP contribution in [-0.4, -0.2) is 0 Å². The fourth-order valence-corrected chi connectivity index (χ4v) is 1.53. The first-order valence-electron chi connectivity index (χ1n) is 5.51. The summed E-state index contributed by atoms with van der Waals surface area (Å²) in [6.07, 6.45) is 0.985. The quantitative estimate of drug-likeness (QED) is 0.816. The van der Waals surface area contributed by atoms with Crippen molar-refractivity contribution in [1.29, 1.82) is 0 Å². The Morgan fingerprint density at radius 1 is 1.12 bits per heavy atom. The Hall–Kier alpha value is -2.03. The fraction of sp³-hybridized carbons (Fsp3) is 0.143. The van der Waals surface area contributed by atoms with Gasteiger partial charge < -0.3 is 10.5 Å². The van der Waals surface area contributed by atoms with Gasteiger partial charge in [-0.2, -0.15) is 0 Å². The molecule has 0 atom stereocenters. The van der Waals surface area contributed by atoms with Crippen molar-refractivity contribution in [2.45, 2.75) is 13.3 Å². The Balaban J connectivity index is 2.19. The molecule has 2 N–H and O–H groups in total. The minimum absolute atomic E-state index is 0.296. The molecule has 0 fully saturated rings. The summed E-state index contributed by atoms with van der Waals surface area (Å²) in [7, 11) is 0. The van der Waals surface area contributed by atoms with E-state index >= 15 is 0 Å². The average Bonchev–Trinajstić information content (AvgIpc) is 2.34. The lowest BCUT2D eigenvalue weighted by Gasteiger charge is -2.08. The van der Waals surface area contributed by atoms with E-state index in [1.807, 2.05) is 24.3 Å². The molecule has 0 unspecified atom stereocenters. The van der Waals surface area contributed by atoms with Crippen molar-refractivity contribution in [1.82, 2.24) is 0 Å². The van der Waals surface area contributed by atoms with E-state index in [-0.39, 0.29) is 5.82 Å². The predicted molar refractivity (Wildman–Crippen MR) is 66.7 cm³/mol. The van der Waals surface area contributed by atoms with Crippen LogP contribution in [-0.2, 0) is 6.42 Å². The third-order valence-corrected chi connectivity index (χ3v) is 2.53. The molecule has 0 saturated carbocycles. The topological polar surface area (TPSA) is 35.2 Å². The number of rotatable bonds is 3. The van der Waals surface area contributed by atoms with Crippen molar-refractivity contribution in [3.05, 3.63) is 53.8 Å². The van der Waals surface area contributed by atoms with E-state index in [9.17, 15) is 4.39 Å². The van der Waals surface area contributed by atoms with Crippen molar-refractivity contribution >= 4 is 5.69 Å². The van der Waals surface area contributed by atoms with Gasteiger partial charge in [-0.25, -0.2) is 4.39 Å². The highest BCUT2D eigenvalue weighted by atomic mass is 19.1. The molecule has 0 radical (unpaired) electrons. The van der Waals surface area contributed by atoms with Crippen LogP contribution in [0.2, 0.25) is 0 Å². The average molecular weight is 231 g/mol. The van der Waals surface area contributed by atoms with Gasteiger partial charge in [-0.3, -0.25) is 0 Å². The minimum atomic E-state index is -0.365. The number of hydrogen-bond acceptors (Lipinski definition) is 2. The van der Waals surface area contributed by atoms with Crippen molar-refractivity contribution in [3.8, 4) is 11.5 Å². The first-order chi connectivity index (χ1) is 8.19. The van der Waals surface area contributed by atoms with Crippen LogP contribution in [0.3, 0.4) is 0 Å². The van der Waals surface area contributed by atoms with E-state index in [0.29, 0.717) is 17.2 Å². The highest BCUT2D eigenvalue weighted by Gasteiger charge is 2.03. The van der Waals surface area contributed by atoms with Crippen LogP contribution in [0.1, 0.15) is 12.5 Å². The van der Waals surface area contributed by atoms with Gasteiger partial charge in [0.05, 0.1) is 5.69 Å². The molecule has 0 amide bonds. The van der Waals surface area contributed by atoms with Crippen LogP contribution in [0, 0.1) is 5.82 Å². The molecule has 2 aromatic carbocycles. The number of nitrogens with two attached hydrogens (primary N) is 1. The predicted octanol–water partition coefficient (Wildman–Crippen LogP) is 3.76. The van der Waals surface area contributed by atoms with Crippen molar-refractivity contribution < 1.29 is 9.13 Å². The molecule has 0 aliphatic rings. The Labute approximate surface area is 99.8 Å². The van der Waals surface area contributed by atoms with Crippen LogP contribution in [0.15, 0.2) is 42.5 Å². The molecule has 88 valence electrons. The number of benzene rings is 2. The Morgan fingerprint density at radius 3 is 2.41 bits per heavy atom. The van der Waals surface area contributed by atoms with Gasteiger partial charge in [-0.15, -0.1) is 0 Å². The number of anilines is 1. The molecule has 2 rings (SSSR count). The van der Waals surface area contributed by atoms with Gasteiger partial charge in [0.2, 0.25) is 0 Å². The molecule has 0 bridgehead atoms. The van der Waals surface area contributed by atoms with E-state index in [1.165, 1.54) is 23.8 Å². The van der Waals surface area contributed by atoms with Gasteiger partial charge in [-0.1, -0.05) is 19.1 Å². The second kappa shape index (κ2) is 4.87. The molecule has 0 saturated heterocycles. The van der Waals surface area contributed by atoms with E-state index < -0.39 is 0 Å². The molecule has 2 aromatic rings. The van der Waals surface area contributed by atoms with Crippen LogP contribution in [0.4, 0.5) is 10.1 Å². The molecule has 0 heterocycles. The molecule has 0 aromatic heterocycles. The summed E-state index contributed by atoms with van der Waals surface area (Å²) < 4.78 is 18.4. The largest absolute Gasteiger partial charge is 0.455 e. The molecule has 0 aliphatic carbocycles. The number of hydrogen-bond donors (Lipinski definition) is 1. The monoisotopic (exact) mass is 231 g/mol. The van der Waals surface area contributed by atoms with Gasteiger partial charge >= 0.3 is 0 Å². The summed E-state index contributed by atoms with van der Waals surface area (Å²) in [5.74, 6) is 0.798. The van der Waals surface area contributed by atoms with E-state index in [0.717, 1.165) is 6.42 Å². The zero-order valence-corrected chi connectivity index (χ0v) is 9.61. The summed E-state index contributed by atoms with van der Waals surface area (Å²) in [6.45, 7) is 2.09. The van der Waals surface area contributed by atoms with Crippen molar-refractivity contribution in [2.24, 2.45) is 0 Å². The first kappa shape index (κ1) is 11.5. The third kappa shape index (κ3) is 2.75. The second-order valence-electron chi connectivity index (χ2n) is 3.78. The summed E-state index contributed by atoms with van der Waals surface area (Å²) in [5.41, 5.74) is 7.20. The highest BCUT2D eigenvalue weighted by molar-refractivity contribution is 5.53. The van der Waals surface area contributed by atoms with Crippen LogP contribution < -0.4 is 10.5 Å². The Morgan fingerprint density at radius 2 is 1.82 bits per heavy atom. The second-order valence-corrected chi connectivity index (χ2v) is 3.78. The van der Waals surface area contributed by atoms with Crippen LogP contribution in [0.25, 0.3) is 0 Å². The van der Waals surface area contributed by atoms with E-state index in [4.69, 9.17) is 10.5 Å². The van der Waals surface area contributed by atoms with Gasteiger partial charge in [0.25, 0.3) is 0 Å². The molecule has 0 aliphatic heterocycles. The van der Waals surface area contributed by atoms with Gasteiger partial charge in [0.15, 0.2) is 5.75 Å². The van der Waals surface area contributed by atoms with Crippen molar-refractivity contribution in [3.63, 3.8) is 0 Å². The van der Waals surface area contributed by atoms with Gasteiger partial charge in [0.1, 0.15) is 11.6 Å². The molecule has 17 heavy (non-hydrogen) atoms. The fourth-order valence-electron chi connectivity index (χ4n) is 1.53. The zero-order valence-electron chi connectivity index (χ0n) is 9.61. The lowest BCUT2D eigenvalue weighted by atomic mass is 10.2. The zero-order chi connectivity index (χ0) is 12.3. The highest BCUT2D eigenvalue weighted by Crippen LogP contribution is 2.27. The minimum Gasteiger partial charge on any atom is -0.455 e. The summed E-state index contributed by atoms with van der Waals surface area (Å²) in [6, 6.07) is 11.8. The number of halogens is 1. The van der Waals surface area contributed by atoms with Crippen LogP contribution in [0.5, 0.6) is 11.5 Å². The molecular formula is C14H14FNO. The number of ether oxygens (including phenoxy) is 1. The maximum absolute atomic E-state index is 12.8. The summed E-state index contributed by atoms with van der Waals surface area (Å²) in [4.78, 5) is 0. The van der Waals surface area contributed by atoms with Crippen molar-refractivity contribution in [2.75, 3.05) is 5.73 Å². The third-order valence-electron chi connectivity index (χ3n) is 2.53. The van der Waals surface area contributed by atoms with Crippen LogP contribution >= 0.6 is 0 Å². The molecular weight excluding hydrogens is 217 g/mol. The van der Waals surface area contributed by atoms with E-state index in [2.05, 4.69) is 6.92 Å². The maximum Gasteiger partial charge on any atom is 0.150 e.